The third-order valence-electron chi connectivity index (χ3n) is 5.67. The molecule has 154 valence electrons. The molecule has 0 saturated carbocycles. The molecule has 1 saturated heterocycles. The predicted molar refractivity (Wildman–Crippen MR) is 117 cm³/mol. The van der Waals surface area contributed by atoms with E-state index in [0.29, 0.717) is 12.0 Å². The van der Waals surface area contributed by atoms with Gasteiger partial charge in [0.15, 0.2) is 5.96 Å². The number of imidazole rings is 1. The van der Waals surface area contributed by atoms with Gasteiger partial charge in [0.1, 0.15) is 5.65 Å². The third-order valence-corrected chi connectivity index (χ3v) is 5.67. The Kier molecular flexibility index (Phi) is 7.71. The minimum atomic E-state index is 0.551. The molecule has 0 radical (unpaired) electrons. The molecule has 0 aromatic carbocycles. The van der Waals surface area contributed by atoms with Gasteiger partial charge >= 0.3 is 0 Å². The van der Waals surface area contributed by atoms with Crippen molar-refractivity contribution in [2.45, 2.75) is 52.0 Å². The second-order valence-corrected chi connectivity index (χ2v) is 8.09. The van der Waals surface area contributed by atoms with Crippen molar-refractivity contribution in [2.24, 2.45) is 10.9 Å². The van der Waals surface area contributed by atoms with E-state index in [1.165, 1.54) is 38.8 Å². The molecule has 1 aliphatic heterocycles. The molecule has 2 aromatic rings. The normalized spacial score (nSPS) is 17.6. The van der Waals surface area contributed by atoms with Crippen molar-refractivity contribution in [3.63, 3.8) is 0 Å². The SMILES string of the molecule is CN=C(NCCc1cn2ccccc2n1)NCC(C(C)C)N1CCCCCC1. The smallest absolute Gasteiger partial charge is 0.191 e. The molecule has 2 aromatic heterocycles. The Bertz CT molecular complexity index is 709. The number of nitrogens with one attached hydrogen (secondary N) is 2. The van der Waals surface area contributed by atoms with Gasteiger partial charge in [-0.1, -0.05) is 32.8 Å². The summed E-state index contributed by atoms with van der Waals surface area (Å²) in [5, 5.41) is 7.00. The van der Waals surface area contributed by atoms with Crippen molar-refractivity contribution in [1.29, 1.82) is 0 Å². The first-order chi connectivity index (χ1) is 13.7. The van der Waals surface area contributed by atoms with Crippen LogP contribution in [0.1, 0.15) is 45.2 Å². The standard InChI is InChI=1S/C22H36N6/c1-18(2)20(27-13-7-4-5-8-14-27)16-25-22(23-3)24-12-11-19-17-28-15-9-6-10-21(28)26-19/h6,9-10,15,17-18,20H,4-5,7-8,11-14,16H2,1-3H3,(H2,23,24,25). The summed E-state index contributed by atoms with van der Waals surface area (Å²) in [6.07, 6.45) is 10.4. The molecule has 1 atom stereocenters. The molecule has 0 spiro atoms. The number of nitrogens with zero attached hydrogens (tertiary/aromatic N) is 4. The number of pyridine rings is 1. The van der Waals surface area contributed by atoms with Gasteiger partial charge in [0.25, 0.3) is 0 Å². The molecule has 0 aliphatic carbocycles. The Labute approximate surface area is 169 Å². The van der Waals surface area contributed by atoms with Crippen LogP contribution in [0.3, 0.4) is 0 Å². The summed E-state index contributed by atoms with van der Waals surface area (Å²) in [4.78, 5) is 11.7. The molecule has 3 rings (SSSR count). The van der Waals surface area contributed by atoms with E-state index in [2.05, 4.69) is 50.0 Å². The molecule has 0 amide bonds. The van der Waals surface area contributed by atoms with Gasteiger partial charge in [-0.15, -0.1) is 0 Å². The van der Waals surface area contributed by atoms with E-state index in [1.54, 1.807) is 0 Å². The molecule has 1 fully saturated rings. The number of aliphatic imine (C=N–C) groups is 1. The van der Waals surface area contributed by atoms with Gasteiger partial charge in [-0.05, 0) is 44.0 Å². The van der Waals surface area contributed by atoms with Gasteiger partial charge < -0.3 is 15.0 Å². The largest absolute Gasteiger partial charge is 0.356 e. The molecule has 6 heteroatoms. The van der Waals surface area contributed by atoms with Crippen LogP contribution in [0, 0.1) is 5.92 Å². The van der Waals surface area contributed by atoms with Gasteiger partial charge in [0, 0.05) is 45.0 Å². The summed E-state index contributed by atoms with van der Waals surface area (Å²) in [5.41, 5.74) is 2.09. The molecule has 2 N–H and O–H groups in total. The topological polar surface area (TPSA) is 57.0 Å². The predicted octanol–water partition coefficient (Wildman–Crippen LogP) is 2.94. The van der Waals surface area contributed by atoms with Crippen LogP contribution in [0.25, 0.3) is 5.65 Å². The third kappa shape index (κ3) is 5.71. The van der Waals surface area contributed by atoms with Crippen molar-refractivity contribution in [3.8, 4) is 0 Å². The zero-order chi connectivity index (χ0) is 19.8. The van der Waals surface area contributed by atoms with Gasteiger partial charge in [0.2, 0.25) is 0 Å². The molecular weight excluding hydrogens is 348 g/mol. The molecule has 28 heavy (non-hydrogen) atoms. The first kappa shape index (κ1) is 20.6. The maximum absolute atomic E-state index is 4.66. The lowest BCUT2D eigenvalue weighted by atomic mass is 10.0. The fourth-order valence-corrected chi connectivity index (χ4v) is 4.05. The average Bonchev–Trinajstić information content (AvgIpc) is 2.91. The van der Waals surface area contributed by atoms with Crippen molar-refractivity contribution in [3.05, 3.63) is 36.3 Å². The van der Waals surface area contributed by atoms with E-state index in [0.717, 1.165) is 36.8 Å². The molecule has 6 nitrogen and oxygen atoms in total. The Hall–Kier alpha value is -2.08. The summed E-state index contributed by atoms with van der Waals surface area (Å²) < 4.78 is 2.07. The first-order valence-corrected chi connectivity index (χ1v) is 10.8. The fourth-order valence-electron chi connectivity index (χ4n) is 4.05. The Morgan fingerprint density at radius 1 is 1.14 bits per heavy atom. The molecule has 0 bridgehead atoms. The summed E-state index contributed by atoms with van der Waals surface area (Å²) in [7, 11) is 1.84. The van der Waals surface area contributed by atoms with Crippen LogP contribution in [-0.2, 0) is 6.42 Å². The lowest BCUT2D eigenvalue weighted by Crippen LogP contribution is -2.50. The highest BCUT2D eigenvalue weighted by molar-refractivity contribution is 5.79. The molecule has 3 heterocycles. The molecule has 1 unspecified atom stereocenters. The number of guanidine groups is 1. The van der Waals surface area contributed by atoms with E-state index in [-0.39, 0.29) is 0 Å². The molecular formula is C22H36N6. The highest BCUT2D eigenvalue weighted by Gasteiger charge is 2.22. The maximum Gasteiger partial charge on any atom is 0.191 e. The Balaban J connectivity index is 1.47. The van der Waals surface area contributed by atoms with Crippen LogP contribution in [0.5, 0.6) is 0 Å². The summed E-state index contributed by atoms with van der Waals surface area (Å²) in [6, 6.07) is 6.63. The van der Waals surface area contributed by atoms with Crippen LogP contribution >= 0.6 is 0 Å². The minimum absolute atomic E-state index is 0.551. The highest BCUT2D eigenvalue weighted by Crippen LogP contribution is 2.17. The van der Waals surface area contributed by atoms with Crippen molar-refractivity contribution < 1.29 is 0 Å². The second-order valence-electron chi connectivity index (χ2n) is 8.09. The summed E-state index contributed by atoms with van der Waals surface area (Å²) in [5.74, 6) is 1.51. The fraction of sp³-hybridized carbons (Fsp3) is 0.636. The number of hydrogen-bond donors (Lipinski definition) is 2. The van der Waals surface area contributed by atoms with Crippen LogP contribution in [0.15, 0.2) is 35.6 Å². The second kappa shape index (κ2) is 10.5. The summed E-state index contributed by atoms with van der Waals surface area (Å²) in [6.45, 7) is 8.87. The highest BCUT2D eigenvalue weighted by atomic mass is 15.2. The number of aromatic nitrogens is 2. The van der Waals surface area contributed by atoms with Crippen LogP contribution in [-0.4, -0.2) is 59.5 Å². The lowest BCUT2D eigenvalue weighted by Gasteiger charge is -2.34. The van der Waals surface area contributed by atoms with E-state index < -0.39 is 0 Å². The maximum atomic E-state index is 4.66. The average molecular weight is 385 g/mol. The van der Waals surface area contributed by atoms with Gasteiger partial charge in [0.05, 0.1) is 5.69 Å². The van der Waals surface area contributed by atoms with Crippen LogP contribution < -0.4 is 10.6 Å². The van der Waals surface area contributed by atoms with Crippen molar-refractivity contribution in [1.82, 2.24) is 24.9 Å². The van der Waals surface area contributed by atoms with Gasteiger partial charge in [-0.3, -0.25) is 9.89 Å². The number of likely N-dealkylation sites (tertiary alicyclic amines) is 1. The summed E-state index contributed by atoms with van der Waals surface area (Å²) >= 11 is 0. The first-order valence-electron chi connectivity index (χ1n) is 10.8. The van der Waals surface area contributed by atoms with E-state index in [9.17, 15) is 0 Å². The van der Waals surface area contributed by atoms with Crippen LogP contribution in [0.2, 0.25) is 0 Å². The zero-order valence-electron chi connectivity index (χ0n) is 17.7. The monoisotopic (exact) mass is 384 g/mol. The number of rotatable bonds is 7. The number of fused-ring (bicyclic) bond motifs is 1. The van der Waals surface area contributed by atoms with E-state index in [1.807, 2.05) is 31.4 Å². The lowest BCUT2D eigenvalue weighted by molar-refractivity contribution is 0.161. The molecule has 1 aliphatic rings. The van der Waals surface area contributed by atoms with E-state index >= 15 is 0 Å². The number of hydrogen-bond acceptors (Lipinski definition) is 3. The van der Waals surface area contributed by atoms with Crippen molar-refractivity contribution in [2.75, 3.05) is 33.2 Å². The minimum Gasteiger partial charge on any atom is -0.356 e. The van der Waals surface area contributed by atoms with Crippen molar-refractivity contribution >= 4 is 11.6 Å². The van der Waals surface area contributed by atoms with Gasteiger partial charge in [-0.2, -0.15) is 0 Å². The quantitative estimate of drug-likeness (QED) is 0.569. The van der Waals surface area contributed by atoms with Gasteiger partial charge in [-0.25, -0.2) is 4.98 Å². The Morgan fingerprint density at radius 3 is 2.61 bits per heavy atom. The Morgan fingerprint density at radius 2 is 1.93 bits per heavy atom. The zero-order valence-corrected chi connectivity index (χ0v) is 17.7. The van der Waals surface area contributed by atoms with Crippen LogP contribution in [0.4, 0.5) is 0 Å². The van der Waals surface area contributed by atoms with E-state index in [4.69, 9.17) is 0 Å².